The van der Waals surface area contributed by atoms with Gasteiger partial charge >= 0.3 is 6.18 Å². The summed E-state index contributed by atoms with van der Waals surface area (Å²) in [5, 5.41) is 17.3. The highest BCUT2D eigenvalue weighted by Gasteiger charge is 2.35. The molecule has 0 saturated heterocycles. The Morgan fingerprint density at radius 1 is 1.38 bits per heavy atom. The zero-order chi connectivity index (χ0) is 24.6. The lowest BCUT2D eigenvalue weighted by Gasteiger charge is -2.20. The summed E-state index contributed by atoms with van der Waals surface area (Å²) in [7, 11) is 1.10. The molecule has 0 aliphatic heterocycles. The summed E-state index contributed by atoms with van der Waals surface area (Å²) >= 11 is 0. The number of carbonyl (C=O) groups is 1. The van der Waals surface area contributed by atoms with Crippen molar-refractivity contribution in [2.75, 3.05) is 18.9 Å². The van der Waals surface area contributed by atoms with Gasteiger partial charge in [-0.2, -0.15) is 23.5 Å². The van der Waals surface area contributed by atoms with E-state index in [0.29, 0.717) is 38.8 Å². The minimum absolute atomic E-state index is 0.143. The van der Waals surface area contributed by atoms with Crippen molar-refractivity contribution in [2.45, 2.75) is 38.4 Å². The average Bonchev–Trinajstić information content (AvgIpc) is 3.53. The van der Waals surface area contributed by atoms with Crippen LogP contribution >= 0.6 is 0 Å². The number of aromatic amines is 1. The van der Waals surface area contributed by atoms with Crippen LogP contribution in [0.5, 0.6) is 0 Å². The first-order chi connectivity index (χ1) is 16.1. The number of benzene rings is 1. The number of anilines is 2. The third-order valence-corrected chi connectivity index (χ3v) is 5.89. The summed E-state index contributed by atoms with van der Waals surface area (Å²) in [6.07, 6.45) is -0.690. The number of nitrogens with zero attached hydrogens (tertiary/aromatic N) is 4. The lowest BCUT2D eigenvalue weighted by Crippen LogP contribution is -2.36. The number of H-pyrrole nitrogens is 1. The Kier molecular flexibility index (Phi) is 6.08. The molecule has 1 unspecified atom stereocenters. The SMILES string of the molecule is Cc1cc(Nc2nn(C(CC#N)C3CC3)c3cc[nH]c(=O)c23)ccc1C(=O)N(C)CC(F)(F)F. The van der Waals surface area contributed by atoms with E-state index in [1.807, 2.05) is 0 Å². The van der Waals surface area contributed by atoms with Gasteiger partial charge in [0.25, 0.3) is 11.5 Å². The highest BCUT2D eigenvalue weighted by Crippen LogP contribution is 2.43. The minimum Gasteiger partial charge on any atom is -0.338 e. The number of alkyl halides is 3. The summed E-state index contributed by atoms with van der Waals surface area (Å²) in [6, 6.07) is 8.41. The highest BCUT2D eigenvalue weighted by molar-refractivity contribution is 5.96. The second kappa shape index (κ2) is 8.85. The Labute approximate surface area is 193 Å². The Morgan fingerprint density at radius 3 is 2.74 bits per heavy atom. The fourth-order valence-corrected chi connectivity index (χ4v) is 4.13. The monoisotopic (exact) mass is 472 g/mol. The van der Waals surface area contributed by atoms with Gasteiger partial charge in [-0.3, -0.25) is 14.3 Å². The molecule has 8 nitrogen and oxygen atoms in total. The van der Waals surface area contributed by atoms with Crippen LogP contribution in [0.1, 0.15) is 41.2 Å². The molecule has 0 spiro atoms. The predicted octanol–water partition coefficient (Wildman–Crippen LogP) is 4.28. The zero-order valence-corrected chi connectivity index (χ0v) is 18.6. The molecular weight excluding hydrogens is 449 g/mol. The molecule has 2 N–H and O–H groups in total. The van der Waals surface area contributed by atoms with Crippen LogP contribution in [0.15, 0.2) is 35.3 Å². The van der Waals surface area contributed by atoms with Gasteiger partial charge in [-0.1, -0.05) is 0 Å². The summed E-state index contributed by atoms with van der Waals surface area (Å²) in [5.41, 5.74) is 1.41. The molecule has 1 aliphatic carbocycles. The van der Waals surface area contributed by atoms with E-state index in [2.05, 4.69) is 21.5 Å². The maximum Gasteiger partial charge on any atom is 0.406 e. The van der Waals surface area contributed by atoms with Gasteiger partial charge in [-0.25, -0.2) is 0 Å². The number of fused-ring (bicyclic) bond motifs is 1. The first-order valence-electron chi connectivity index (χ1n) is 10.8. The van der Waals surface area contributed by atoms with Crippen molar-refractivity contribution in [1.29, 1.82) is 5.26 Å². The van der Waals surface area contributed by atoms with E-state index < -0.39 is 18.6 Å². The molecule has 0 bridgehead atoms. The summed E-state index contributed by atoms with van der Waals surface area (Å²) in [6.45, 7) is 0.279. The van der Waals surface area contributed by atoms with Crippen molar-refractivity contribution in [2.24, 2.45) is 5.92 Å². The Morgan fingerprint density at radius 2 is 2.12 bits per heavy atom. The second-order valence-corrected chi connectivity index (χ2v) is 8.56. The summed E-state index contributed by atoms with van der Waals surface area (Å²) in [5.74, 6) is -0.111. The Bertz CT molecular complexity index is 1330. The number of aromatic nitrogens is 3. The van der Waals surface area contributed by atoms with Gasteiger partial charge in [0.05, 0.1) is 24.0 Å². The molecule has 178 valence electrons. The van der Waals surface area contributed by atoms with E-state index in [1.54, 1.807) is 29.8 Å². The number of nitriles is 1. The first-order valence-corrected chi connectivity index (χ1v) is 10.8. The summed E-state index contributed by atoms with van der Waals surface area (Å²) in [4.78, 5) is 28.3. The fourth-order valence-electron chi connectivity index (χ4n) is 4.13. The van der Waals surface area contributed by atoms with Crippen molar-refractivity contribution < 1.29 is 18.0 Å². The van der Waals surface area contributed by atoms with E-state index in [9.17, 15) is 28.0 Å². The molecule has 2 heterocycles. The molecule has 1 amide bonds. The Balaban J connectivity index is 1.66. The standard InChI is InChI=1S/C23H23F3N6O2/c1-13-11-15(5-6-16(13)22(34)31(2)12-23(24,25)26)29-20-19-18(8-10-28-21(19)33)32(30-20)17(7-9-27)14-3-4-14/h5-6,8,10-11,14,17H,3-4,7,12H2,1-2H3,(H,28,33)(H,29,30). The van der Waals surface area contributed by atoms with Gasteiger partial charge in [0.15, 0.2) is 5.82 Å². The molecular formula is C23H23F3N6O2. The molecule has 1 aromatic carbocycles. The maximum atomic E-state index is 12.7. The molecule has 1 atom stereocenters. The molecule has 0 radical (unpaired) electrons. The van der Waals surface area contributed by atoms with Crippen LogP contribution in [0.4, 0.5) is 24.7 Å². The van der Waals surface area contributed by atoms with Crippen LogP contribution in [-0.4, -0.2) is 45.3 Å². The van der Waals surface area contributed by atoms with Gasteiger partial charge in [-0.05, 0) is 55.5 Å². The van der Waals surface area contributed by atoms with Crippen LogP contribution in [-0.2, 0) is 0 Å². The third-order valence-electron chi connectivity index (χ3n) is 5.89. The van der Waals surface area contributed by atoms with E-state index in [1.165, 1.54) is 12.3 Å². The van der Waals surface area contributed by atoms with E-state index in [0.717, 1.165) is 19.9 Å². The van der Waals surface area contributed by atoms with Gasteiger partial charge in [0.1, 0.15) is 11.9 Å². The van der Waals surface area contributed by atoms with Crippen LogP contribution in [0.3, 0.4) is 0 Å². The predicted molar refractivity (Wildman–Crippen MR) is 120 cm³/mol. The normalized spacial score (nSPS) is 14.6. The number of halogens is 3. The van der Waals surface area contributed by atoms with Crippen molar-refractivity contribution >= 4 is 28.3 Å². The average molecular weight is 472 g/mol. The number of hydrogen-bond donors (Lipinski definition) is 2. The lowest BCUT2D eigenvalue weighted by atomic mass is 10.1. The number of carbonyl (C=O) groups excluding carboxylic acids is 1. The van der Waals surface area contributed by atoms with Gasteiger partial charge < -0.3 is 15.2 Å². The molecule has 1 fully saturated rings. The second-order valence-electron chi connectivity index (χ2n) is 8.56. The van der Waals surface area contributed by atoms with Gasteiger partial charge in [0, 0.05) is 24.5 Å². The molecule has 4 rings (SSSR count). The van der Waals surface area contributed by atoms with Crippen LogP contribution in [0.2, 0.25) is 0 Å². The van der Waals surface area contributed by atoms with Crippen molar-refractivity contribution in [1.82, 2.24) is 19.7 Å². The van der Waals surface area contributed by atoms with Gasteiger partial charge in [0.2, 0.25) is 0 Å². The van der Waals surface area contributed by atoms with E-state index >= 15 is 0 Å². The van der Waals surface area contributed by atoms with Crippen LogP contribution in [0.25, 0.3) is 10.9 Å². The zero-order valence-electron chi connectivity index (χ0n) is 18.6. The number of aryl methyl sites for hydroxylation is 1. The Hall–Kier alpha value is -3.81. The number of rotatable bonds is 7. The molecule has 2 aromatic heterocycles. The number of amides is 1. The lowest BCUT2D eigenvalue weighted by molar-refractivity contribution is -0.138. The number of pyridine rings is 1. The van der Waals surface area contributed by atoms with Crippen molar-refractivity contribution in [3.05, 3.63) is 51.9 Å². The van der Waals surface area contributed by atoms with Crippen LogP contribution < -0.4 is 10.9 Å². The topological polar surface area (TPSA) is 107 Å². The van der Waals surface area contributed by atoms with Gasteiger partial charge in [-0.15, -0.1) is 0 Å². The quantitative estimate of drug-likeness (QED) is 0.534. The maximum absolute atomic E-state index is 12.7. The highest BCUT2D eigenvalue weighted by atomic mass is 19.4. The summed E-state index contributed by atoms with van der Waals surface area (Å²) < 4.78 is 39.7. The van der Waals surface area contributed by atoms with Crippen LogP contribution in [0, 0.1) is 24.2 Å². The minimum atomic E-state index is -4.49. The smallest absolute Gasteiger partial charge is 0.338 e. The van der Waals surface area contributed by atoms with E-state index in [4.69, 9.17) is 0 Å². The molecule has 3 aromatic rings. The largest absolute Gasteiger partial charge is 0.406 e. The molecule has 11 heteroatoms. The first kappa shape index (κ1) is 23.4. The molecule has 1 aliphatic rings. The van der Waals surface area contributed by atoms with Crippen molar-refractivity contribution in [3.63, 3.8) is 0 Å². The van der Waals surface area contributed by atoms with Crippen molar-refractivity contribution in [3.8, 4) is 6.07 Å². The molecule has 34 heavy (non-hydrogen) atoms. The number of nitrogens with one attached hydrogen (secondary N) is 2. The molecule has 1 saturated carbocycles. The number of hydrogen-bond acceptors (Lipinski definition) is 5. The third kappa shape index (κ3) is 4.76. The van der Waals surface area contributed by atoms with E-state index in [-0.39, 0.29) is 23.6 Å². The fraction of sp³-hybridized carbons (Fsp3) is 0.391.